The van der Waals surface area contributed by atoms with Crippen LogP contribution in [0.5, 0.6) is 0 Å². The molecule has 0 amide bonds. The Morgan fingerprint density at radius 1 is 1.64 bits per heavy atom. The van der Waals surface area contributed by atoms with E-state index in [0.29, 0.717) is 12.5 Å². The molecule has 1 aliphatic heterocycles. The summed E-state index contributed by atoms with van der Waals surface area (Å²) in [4.78, 5) is 2.39. The van der Waals surface area contributed by atoms with E-state index in [1.807, 2.05) is 7.05 Å². The number of piperidine rings is 1. The van der Waals surface area contributed by atoms with Crippen LogP contribution in [0.15, 0.2) is 0 Å². The lowest BCUT2D eigenvalue weighted by molar-refractivity contribution is 0.173. The van der Waals surface area contributed by atoms with Gasteiger partial charge < -0.3 is 10.2 Å². The molecule has 0 saturated carbocycles. The van der Waals surface area contributed by atoms with Crippen molar-refractivity contribution in [2.45, 2.75) is 31.7 Å². The molecule has 3 nitrogen and oxygen atoms in total. The van der Waals surface area contributed by atoms with Gasteiger partial charge in [-0.1, -0.05) is 0 Å². The molecule has 0 aromatic rings. The van der Waals surface area contributed by atoms with Gasteiger partial charge in [-0.15, -0.1) is 0 Å². The summed E-state index contributed by atoms with van der Waals surface area (Å²) in [6.07, 6.45) is 4.27. The van der Waals surface area contributed by atoms with Gasteiger partial charge >= 0.3 is 0 Å². The van der Waals surface area contributed by atoms with E-state index in [2.05, 4.69) is 23.3 Å². The minimum Gasteiger partial charge on any atom is -0.317 e. The summed E-state index contributed by atoms with van der Waals surface area (Å²) in [5, 5.41) is 11.9. The van der Waals surface area contributed by atoms with Crippen molar-refractivity contribution < 1.29 is 0 Å². The van der Waals surface area contributed by atoms with Crippen LogP contribution < -0.4 is 5.32 Å². The fourth-order valence-corrected chi connectivity index (χ4v) is 2.37. The topological polar surface area (TPSA) is 39.1 Å². The number of hydrogen-bond acceptors (Lipinski definition) is 3. The predicted octanol–water partition coefficient (Wildman–Crippen LogP) is 1.22. The van der Waals surface area contributed by atoms with Crippen LogP contribution in [0, 0.1) is 17.2 Å². The van der Waals surface area contributed by atoms with Gasteiger partial charge in [-0.05, 0) is 45.8 Å². The van der Waals surface area contributed by atoms with Crippen molar-refractivity contribution in [3.05, 3.63) is 0 Å². The maximum absolute atomic E-state index is 8.57. The summed E-state index contributed by atoms with van der Waals surface area (Å²) < 4.78 is 0. The molecule has 2 atom stereocenters. The molecule has 80 valence electrons. The molecule has 0 bridgehead atoms. The second-order valence-corrected chi connectivity index (χ2v) is 4.26. The third-order valence-electron chi connectivity index (χ3n) is 3.17. The molecule has 1 heterocycles. The normalized spacial score (nSPS) is 25.6. The van der Waals surface area contributed by atoms with E-state index >= 15 is 0 Å². The van der Waals surface area contributed by atoms with E-state index in [1.54, 1.807) is 0 Å². The van der Waals surface area contributed by atoms with Gasteiger partial charge in [0.05, 0.1) is 6.07 Å². The molecular formula is C11H21N3. The molecule has 14 heavy (non-hydrogen) atoms. The van der Waals surface area contributed by atoms with Gasteiger partial charge in [0.2, 0.25) is 0 Å². The molecule has 0 radical (unpaired) electrons. The number of nitriles is 1. The van der Waals surface area contributed by atoms with Gasteiger partial charge in [0, 0.05) is 19.0 Å². The van der Waals surface area contributed by atoms with Crippen molar-refractivity contribution >= 4 is 0 Å². The maximum atomic E-state index is 8.57. The average Bonchev–Trinajstić information content (AvgIpc) is 2.19. The SMILES string of the molecule is CNC(CCC#N)C1CCCN(C)C1. The van der Waals surface area contributed by atoms with E-state index in [4.69, 9.17) is 5.26 Å². The summed E-state index contributed by atoms with van der Waals surface area (Å²) in [5.41, 5.74) is 0. The highest BCUT2D eigenvalue weighted by Gasteiger charge is 2.24. The Kier molecular flexibility index (Phi) is 4.92. The lowest BCUT2D eigenvalue weighted by atomic mass is 9.88. The van der Waals surface area contributed by atoms with E-state index in [9.17, 15) is 0 Å². The van der Waals surface area contributed by atoms with Crippen molar-refractivity contribution in [2.24, 2.45) is 5.92 Å². The van der Waals surface area contributed by atoms with Crippen LogP contribution >= 0.6 is 0 Å². The number of hydrogen-bond donors (Lipinski definition) is 1. The Hall–Kier alpha value is -0.590. The third kappa shape index (κ3) is 3.28. The largest absolute Gasteiger partial charge is 0.317 e. The Balaban J connectivity index is 2.38. The van der Waals surface area contributed by atoms with Crippen LogP contribution in [0.25, 0.3) is 0 Å². The van der Waals surface area contributed by atoms with E-state index in [0.717, 1.165) is 12.3 Å². The van der Waals surface area contributed by atoms with Gasteiger partial charge in [0.1, 0.15) is 0 Å². The van der Waals surface area contributed by atoms with Crippen LogP contribution in [0.3, 0.4) is 0 Å². The van der Waals surface area contributed by atoms with E-state index in [-0.39, 0.29) is 0 Å². The highest BCUT2D eigenvalue weighted by atomic mass is 15.1. The second-order valence-electron chi connectivity index (χ2n) is 4.26. The standard InChI is InChI=1S/C11H21N3/c1-13-11(6-3-7-12)10-5-4-8-14(2)9-10/h10-11,13H,3-6,8-9H2,1-2H3. The summed E-state index contributed by atoms with van der Waals surface area (Å²) in [5.74, 6) is 0.729. The second kappa shape index (κ2) is 6.00. The number of nitrogens with zero attached hydrogens (tertiary/aromatic N) is 2. The summed E-state index contributed by atoms with van der Waals surface area (Å²) in [6.45, 7) is 2.40. The first-order valence-electron chi connectivity index (χ1n) is 5.50. The molecular weight excluding hydrogens is 174 g/mol. The molecule has 1 fully saturated rings. The number of rotatable bonds is 4. The minimum absolute atomic E-state index is 0.525. The highest BCUT2D eigenvalue weighted by Crippen LogP contribution is 2.20. The quantitative estimate of drug-likeness (QED) is 0.733. The predicted molar refractivity (Wildman–Crippen MR) is 57.9 cm³/mol. The van der Waals surface area contributed by atoms with Crippen molar-refractivity contribution in [1.82, 2.24) is 10.2 Å². The van der Waals surface area contributed by atoms with E-state index < -0.39 is 0 Å². The van der Waals surface area contributed by atoms with Crippen LogP contribution in [0.4, 0.5) is 0 Å². The molecule has 0 aliphatic carbocycles. The lowest BCUT2D eigenvalue weighted by Crippen LogP contribution is -2.43. The fourth-order valence-electron chi connectivity index (χ4n) is 2.37. The smallest absolute Gasteiger partial charge is 0.0622 e. The maximum Gasteiger partial charge on any atom is 0.0622 e. The Bertz CT molecular complexity index is 197. The van der Waals surface area contributed by atoms with Crippen molar-refractivity contribution in [3.8, 4) is 6.07 Å². The molecule has 1 aliphatic rings. The Morgan fingerprint density at radius 3 is 3.00 bits per heavy atom. The number of likely N-dealkylation sites (tertiary alicyclic amines) is 1. The molecule has 0 spiro atoms. The first kappa shape index (κ1) is 11.5. The monoisotopic (exact) mass is 195 g/mol. The summed E-state index contributed by atoms with van der Waals surface area (Å²) >= 11 is 0. The Labute approximate surface area is 87.1 Å². The van der Waals surface area contributed by atoms with Crippen LogP contribution in [-0.4, -0.2) is 38.1 Å². The zero-order chi connectivity index (χ0) is 10.4. The summed E-state index contributed by atoms with van der Waals surface area (Å²) in [6, 6.07) is 2.75. The van der Waals surface area contributed by atoms with Gasteiger partial charge in [-0.3, -0.25) is 0 Å². The van der Waals surface area contributed by atoms with Gasteiger partial charge in [0.15, 0.2) is 0 Å². The zero-order valence-electron chi connectivity index (χ0n) is 9.29. The van der Waals surface area contributed by atoms with Crippen LogP contribution in [0.2, 0.25) is 0 Å². The van der Waals surface area contributed by atoms with Crippen molar-refractivity contribution in [1.29, 1.82) is 5.26 Å². The zero-order valence-corrected chi connectivity index (χ0v) is 9.29. The fraction of sp³-hybridized carbons (Fsp3) is 0.909. The van der Waals surface area contributed by atoms with Gasteiger partial charge in [-0.2, -0.15) is 5.26 Å². The van der Waals surface area contributed by atoms with Crippen molar-refractivity contribution in [2.75, 3.05) is 27.2 Å². The van der Waals surface area contributed by atoms with E-state index in [1.165, 1.54) is 25.9 Å². The molecule has 1 rings (SSSR count). The minimum atomic E-state index is 0.525. The van der Waals surface area contributed by atoms with Gasteiger partial charge in [0.25, 0.3) is 0 Å². The van der Waals surface area contributed by atoms with Gasteiger partial charge in [-0.25, -0.2) is 0 Å². The van der Waals surface area contributed by atoms with Crippen molar-refractivity contribution in [3.63, 3.8) is 0 Å². The average molecular weight is 195 g/mol. The van der Waals surface area contributed by atoms with Crippen LogP contribution in [-0.2, 0) is 0 Å². The molecule has 1 saturated heterocycles. The third-order valence-corrected chi connectivity index (χ3v) is 3.17. The molecule has 0 aromatic carbocycles. The Morgan fingerprint density at radius 2 is 2.43 bits per heavy atom. The molecule has 0 aromatic heterocycles. The highest BCUT2D eigenvalue weighted by molar-refractivity contribution is 4.84. The van der Waals surface area contributed by atoms with Crippen LogP contribution in [0.1, 0.15) is 25.7 Å². The first-order valence-corrected chi connectivity index (χ1v) is 5.50. The lowest BCUT2D eigenvalue weighted by Gasteiger charge is -2.34. The first-order chi connectivity index (χ1) is 6.77. The summed E-state index contributed by atoms with van der Waals surface area (Å²) in [7, 11) is 4.19. The number of nitrogens with one attached hydrogen (secondary N) is 1. The molecule has 2 unspecified atom stereocenters. The molecule has 1 N–H and O–H groups in total. The molecule has 3 heteroatoms.